The van der Waals surface area contributed by atoms with Gasteiger partial charge in [-0.15, -0.1) is 11.3 Å². The molecule has 288 valence electrons. The summed E-state index contributed by atoms with van der Waals surface area (Å²) >= 11 is 2.67. The van der Waals surface area contributed by atoms with Gasteiger partial charge in [0, 0.05) is 42.6 Å². The van der Waals surface area contributed by atoms with Gasteiger partial charge in [-0.1, -0.05) is 65.9 Å². The highest BCUT2D eigenvalue weighted by atomic mass is 32.2. The van der Waals surface area contributed by atoms with Crippen LogP contribution < -0.4 is 20.3 Å². The number of carbonyl (C=O) groups excluding carboxylic acids is 2. The summed E-state index contributed by atoms with van der Waals surface area (Å²) < 4.78 is 30.2. The number of nitro benzene ring substituents is 1. The van der Waals surface area contributed by atoms with Crippen LogP contribution in [0, 0.1) is 10.1 Å². The van der Waals surface area contributed by atoms with Crippen LogP contribution in [0.3, 0.4) is 0 Å². The Balaban J connectivity index is 1.14. The van der Waals surface area contributed by atoms with Crippen LogP contribution in [0.4, 0.5) is 21.6 Å². The van der Waals surface area contributed by atoms with Gasteiger partial charge in [0.05, 0.1) is 20.0 Å². The lowest BCUT2D eigenvalue weighted by Gasteiger charge is -2.29. The van der Waals surface area contributed by atoms with Crippen LogP contribution in [-0.2, 0) is 29.4 Å². The molecular weight excluding hydrogens is 773 g/mol. The Morgan fingerprint density at radius 2 is 1.73 bits per heavy atom. The molecule has 0 saturated heterocycles. The molecular formula is C39H38N8O6S3. The number of thiazole rings is 2. The minimum absolute atomic E-state index is 0.0706. The first-order chi connectivity index (χ1) is 26.9. The van der Waals surface area contributed by atoms with Crippen molar-refractivity contribution in [3.05, 3.63) is 134 Å². The predicted molar refractivity (Wildman–Crippen MR) is 220 cm³/mol. The van der Waals surface area contributed by atoms with Crippen molar-refractivity contribution in [1.82, 2.24) is 19.6 Å². The molecule has 2 aromatic heterocycles. The Kier molecular flexibility index (Phi) is 11.4. The fourth-order valence-corrected chi connectivity index (χ4v) is 9.38. The molecule has 3 heterocycles. The molecule has 0 saturated carbocycles. The van der Waals surface area contributed by atoms with Gasteiger partial charge in [0.1, 0.15) is 11.4 Å². The van der Waals surface area contributed by atoms with Crippen molar-refractivity contribution in [2.45, 2.75) is 30.7 Å². The molecule has 17 heteroatoms. The van der Waals surface area contributed by atoms with E-state index in [1.807, 2.05) is 90.6 Å². The third kappa shape index (κ3) is 8.70. The summed E-state index contributed by atoms with van der Waals surface area (Å²) in [6, 6.07) is 26.2. The molecule has 3 N–H and O–H groups in total. The van der Waals surface area contributed by atoms with Crippen molar-refractivity contribution in [3.8, 4) is 0 Å². The second kappa shape index (κ2) is 16.5. The highest BCUT2D eigenvalue weighted by Gasteiger charge is 2.30. The molecule has 0 spiro atoms. The monoisotopic (exact) mass is 810 g/mol. The van der Waals surface area contributed by atoms with E-state index in [0.29, 0.717) is 59.6 Å². The fourth-order valence-electron chi connectivity index (χ4n) is 6.43. The number of amides is 2. The lowest BCUT2D eigenvalue weighted by Crippen LogP contribution is -2.33. The van der Waals surface area contributed by atoms with Crippen LogP contribution in [0.5, 0.6) is 0 Å². The van der Waals surface area contributed by atoms with Crippen LogP contribution >= 0.6 is 22.7 Å². The first-order valence-corrected chi connectivity index (χ1v) is 20.9. The number of carbonyl (C=O) groups is 2. The summed E-state index contributed by atoms with van der Waals surface area (Å²) in [5.74, 6) is -1.24. The number of anilines is 3. The average Bonchev–Trinajstić information content (AvgIpc) is 3.80. The number of nitrogens with zero attached hydrogens (tertiary/aromatic N) is 5. The van der Waals surface area contributed by atoms with Crippen molar-refractivity contribution in [1.29, 1.82) is 0 Å². The van der Waals surface area contributed by atoms with E-state index in [-0.39, 0.29) is 17.3 Å². The van der Waals surface area contributed by atoms with E-state index in [1.54, 1.807) is 6.07 Å². The van der Waals surface area contributed by atoms with Gasteiger partial charge in [-0.2, -0.15) is 0 Å². The topological polar surface area (TPSA) is 180 Å². The van der Waals surface area contributed by atoms with E-state index in [9.17, 15) is 28.1 Å². The third-order valence-corrected chi connectivity index (χ3v) is 12.6. The molecule has 0 unspecified atom stereocenters. The van der Waals surface area contributed by atoms with Crippen LogP contribution in [-0.4, -0.2) is 73.8 Å². The van der Waals surface area contributed by atoms with Crippen LogP contribution in [0.2, 0.25) is 0 Å². The molecule has 0 bridgehead atoms. The van der Waals surface area contributed by atoms with Crippen molar-refractivity contribution >= 4 is 76.4 Å². The summed E-state index contributed by atoms with van der Waals surface area (Å²) in [5.41, 5.74) is 3.71. The molecule has 1 aliphatic rings. The molecule has 14 nitrogen and oxygen atoms in total. The standard InChI is InChI=1S/C39H38N8O6S3/c1-45(2)20-9-19-40-30-17-16-27(23-32(30)47(50)51)56(52,53)44-37(49)35-34(22-25-10-4-3-5-11-25)55-39(42-35)46-21-18-26-12-8-13-28(29(26)24-46)36(48)43-38-41-31-14-6-7-15-33(31)54-38/h3-8,10-17,23,40H,9,18-22,24H2,1-2H3,(H,44,49)(H,41,43,48). The maximum Gasteiger partial charge on any atom is 0.293 e. The van der Waals surface area contributed by atoms with Crippen LogP contribution in [0.25, 0.3) is 10.2 Å². The van der Waals surface area contributed by atoms with E-state index in [1.165, 1.54) is 34.8 Å². The number of hydrogen-bond acceptors (Lipinski definition) is 13. The maximum absolute atomic E-state index is 13.9. The van der Waals surface area contributed by atoms with Gasteiger partial charge >= 0.3 is 0 Å². The van der Waals surface area contributed by atoms with Gasteiger partial charge in [0.25, 0.3) is 27.5 Å². The number of nitrogens with one attached hydrogen (secondary N) is 3. The highest BCUT2D eigenvalue weighted by molar-refractivity contribution is 7.90. The summed E-state index contributed by atoms with van der Waals surface area (Å²) in [4.78, 5) is 52.1. The SMILES string of the molecule is CN(C)CCCNc1ccc(S(=O)(=O)NC(=O)c2nc(N3CCc4cccc(C(=O)Nc5nc6ccccc6s5)c4C3)sc2Cc2ccccc2)cc1[N+](=O)[O-]. The van der Waals surface area contributed by atoms with Gasteiger partial charge in [-0.3, -0.25) is 25.0 Å². The number of hydrogen-bond donors (Lipinski definition) is 3. The first-order valence-electron chi connectivity index (χ1n) is 17.8. The van der Waals surface area contributed by atoms with Crippen molar-refractivity contribution in [3.63, 3.8) is 0 Å². The molecule has 0 radical (unpaired) electrons. The van der Waals surface area contributed by atoms with E-state index in [2.05, 4.69) is 20.3 Å². The number of benzene rings is 4. The largest absolute Gasteiger partial charge is 0.379 e. The van der Waals surface area contributed by atoms with Gasteiger partial charge < -0.3 is 15.1 Å². The Hall–Kier alpha value is -5.75. The highest BCUT2D eigenvalue weighted by Crippen LogP contribution is 2.34. The molecule has 0 aliphatic carbocycles. The fraction of sp³-hybridized carbons (Fsp3) is 0.231. The summed E-state index contributed by atoms with van der Waals surface area (Å²) in [5, 5.41) is 18.9. The zero-order valence-corrected chi connectivity index (χ0v) is 33.0. The number of sulfonamides is 1. The van der Waals surface area contributed by atoms with Crippen LogP contribution in [0.1, 0.15) is 48.8 Å². The molecule has 4 aromatic carbocycles. The first kappa shape index (κ1) is 38.5. The maximum atomic E-state index is 13.9. The Morgan fingerprint density at radius 3 is 2.50 bits per heavy atom. The lowest BCUT2D eigenvalue weighted by atomic mass is 9.94. The predicted octanol–water partition coefficient (Wildman–Crippen LogP) is 6.55. The minimum atomic E-state index is -4.55. The molecule has 1 aliphatic heterocycles. The molecule has 6 aromatic rings. The van der Waals surface area contributed by atoms with E-state index >= 15 is 0 Å². The van der Waals surface area contributed by atoms with Crippen LogP contribution in [0.15, 0.2) is 95.9 Å². The summed E-state index contributed by atoms with van der Waals surface area (Å²) in [7, 11) is -0.705. The molecule has 2 amide bonds. The number of aromatic nitrogens is 2. The minimum Gasteiger partial charge on any atom is -0.379 e. The zero-order chi connectivity index (χ0) is 39.4. The van der Waals surface area contributed by atoms with Gasteiger partial charge in [-0.25, -0.2) is 23.1 Å². The number of nitro groups is 1. The summed E-state index contributed by atoms with van der Waals surface area (Å²) in [6.45, 7) is 2.08. The number of rotatable bonds is 14. The molecule has 56 heavy (non-hydrogen) atoms. The smallest absolute Gasteiger partial charge is 0.293 e. The van der Waals surface area contributed by atoms with Crippen molar-refractivity contribution in [2.24, 2.45) is 0 Å². The molecule has 0 atom stereocenters. The third-order valence-electron chi connectivity index (χ3n) is 9.21. The Morgan fingerprint density at radius 1 is 0.946 bits per heavy atom. The number of para-hydroxylation sites is 1. The van der Waals surface area contributed by atoms with Crippen molar-refractivity contribution in [2.75, 3.05) is 49.3 Å². The lowest BCUT2D eigenvalue weighted by molar-refractivity contribution is -0.384. The average molecular weight is 811 g/mol. The van der Waals surface area contributed by atoms with E-state index in [4.69, 9.17) is 4.98 Å². The van der Waals surface area contributed by atoms with Gasteiger partial charge in [-0.05, 0) is 80.5 Å². The van der Waals surface area contributed by atoms with E-state index < -0.39 is 31.4 Å². The van der Waals surface area contributed by atoms with Crippen molar-refractivity contribution < 1.29 is 22.9 Å². The molecule has 0 fully saturated rings. The second-order valence-corrected chi connectivity index (χ2v) is 17.2. The Labute approximate surface area is 331 Å². The molecule has 7 rings (SSSR count). The quantitative estimate of drug-likeness (QED) is 0.0617. The number of fused-ring (bicyclic) bond motifs is 2. The van der Waals surface area contributed by atoms with E-state index in [0.717, 1.165) is 39.5 Å². The zero-order valence-electron chi connectivity index (χ0n) is 30.5. The van der Waals surface area contributed by atoms with Gasteiger partial charge in [0.15, 0.2) is 10.3 Å². The second-order valence-electron chi connectivity index (χ2n) is 13.4. The normalized spacial score (nSPS) is 12.7. The Bertz CT molecular complexity index is 2510. The van der Waals surface area contributed by atoms with Gasteiger partial charge in [0.2, 0.25) is 0 Å². The summed E-state index contributed by atoms with van der Waals surface area (Å²) in [6.07, 6.45) is 1.63.